The molecule has 0 saturated heterocycles. The number of aromatic amines is 1. The van der Waals surface area contributed by atoms with Crippen LogP contribution < -0.4 is 0 Å². The van der Waals surface area contributed by atoms with E-state index in [2.05, 4.69) is 19.9 Å². The molecule has 2 rings (SSSR count). The summed E-state index contributed by atoms with van der Waals surface area (Å²) in [6.07, 6.45) is 2.90. The molecule has 2 aromatic heterocycles. The molecule has 0 aliphatic carbocycles. The summed E-state index contributed by atoms with van der Waals surface area (Å²) >= 11 is 6.86. The van der Waals surface area contributed by atoms with Crippen molar-refractivity contribution in [3.63, 3.8) is 0 Å². The second-order valence-corrected chi connectivity index (χ2v) is 4.43. The molecule has 0 aromatic carbocycles. The number of H-pyrrole nitrogens is 1. The maximum absolute atomic E-state index is 10.5. The van der Waals surface area contributed by atoms with Gasteiger partial charge in [-0.25, -0.2) is 15.0 Å². The summed E-state index contributed by atoms with van der Waals surface area (Å²) in [5.41, 5.74) is 1.25. The summed E-state index contributed by atoms with van der Waals surface area (Å²) in [5, 5.41) is 8.35. The number of rotatable bonds is 4. The van der Waals surface area contributed by atoms with Crippen molar-refractivity contribution in [1.29, 1.82) is 0 Å². The molecule has 0 bridgehead atoms. The minimum Gasteiger partial charge on any atom is -0.480 e. The molecular weight excluding hydrogens is 252 g/mol. The van der Waals surface area contributed by atoms with Crippen LogP contribution in [0.1, 0.15) is 0 Å². The summed E-state index contributed by atoms with van der Waals surface area (Å²) in [6, 6.07) is 0. The molecule has 0 aliphatic rings. The normalized spacial score (nSPS) is 12.8. The van der Waals surface area contributed by atoms with Gasteiger partial charge in [-0.15, -0.1) is 23.4 Å². The number of thioether (sulfide) groups is 1. The van der Waals surface area contributed by atoms with Crippen LogP contribution in [0.3, 0.4) is 0 Å². The first-order chi connectivity index (χ1) is 7.68. The van der Waals surface area contributed by atoms with Gasteiger partial charge in [0.1, 0.15) is 22.2 Å². The minimum absolute atomic E-state index is 0.238. The Hall–Kier alpha value is -1.34. The summed E-state index contributed by atoms with van der Waals surface area (Å²) in [4.78, 5) is 25.4. The fourth-order valence-electron chi connectivity index (χ4n) is 1.08. The molecule has 2 aromatic rings. The number of aliphatic carboxylic acids is 1. The number of nitrogens with zero attached hydrogens (tertiary/aromatic N) is 3. The molecule has 2 heterocycles. The van der Waals surface area contributed by atoms with Gasteiger partial charge in [-0.2, -0.15) is 0 Å². The Balaban J connectivity index is 2.15. The number of hydrogen-bond acceptors (Lipinski definition) is 5. The lowest BCUT2D eigenvalue weighted by Gasteiger charge is -2.03. The third-order valence-corrected chi connectivity index (χ3v) is 3.43. The standard InChI is InChI=1S/C8H7ClN4O2S/c9-4(8(14)15)1-16-7-5-6(11-2-10-5)12-3-13-7/h2-4H,1H2,(H,14,15)(H,10,11,12,13). The number of carboxylic acid groups (broad SMARTS) is 1. The molecule has 1 atom stereocenters. The van der Waals surface area contributed by atoms with Crippen molar-refractivity contribution in [2.24, 2.45) is 0 Å². The van der Waals surface area contributed by atoms with Crippen LogP contribution in [0.25, 0.3) is 11.2 Å². The van der Waals surface area contributed by atoms with Crippen molar-refractivity contribution in [1.82, 2.24) is 19.9 Å². The van der Waals surface area contributed by atoms with Gasteiger partial charge in [-0.1, -0.05) is 0 Å². The highest BCUT2D eigenvalue weighted by atomic mass is 35.5. The number of fused-ring (bicyclic) bond motifs is 1. The van der Waals surface area contributed by atoms with E-state index in [1.54, 1.807) is 0 Å². The number of halogens is 1. The van der Waals surface area contributed by atoms with E-state index >= 15 is 0 Å². The second kappa shape index (κ2) is 4.67. The molecule has 2 N–H and O–H groups in total. The lowest BCUT2D eigenvalue weighted by molar-refractivity contribution is -0.136. The Morgan fingerprint density at radius 1 is 1.56 bits per heavy atom. The van der Waals surface area contributed by atoms with Gasteiger partial charge in [-0.3, -0.25) is 4.79 Å². The van der Waals surface area contributed by atoms with Crippen LogP contribution >= 0.6 is 23.4 Å². The first kappa shape index (κ1) is 11.2. The highest BCUT2D eigenvalue weighted by Crippen LogP contribution is 2.23. The van der Waals surface area contributed by atoms with Crippen LogP contribution in [0.15, 0.2) is 17.7 Å². The third-order valence-electron chi connectivity index (χ3n) is 1.82. The Morgan fingerprint density at radius 3 is 3.12 bits per heavy atom. The number of hydrogen-bond donors (Lipinski definition) is 2. The summed E-state index contributed by atoms with van der Waals surface area (Å²) in [6.45, 7) is 0. The Bertz CT molecular complexity index is 517. The molecular formula is C8H7ClN4O2S. The van der Waals surface area contributed by atoms with Crippen LogP contribution in [0.4, 0.5) is 0 Å². The average molecular weight is 259 g/mol. The van der Waals surface area contributed by atoms with Crippen LogP contribution in [-0.4, -0.2) is 42.1 Å². The smallest absolute Gasteiger partial charge is 0.322 e. The van der Waals surface area contributed by atoms with Crippen molar-refractivity contribution in [2.75, 3.05) is 5.75 Å². The van der Waals surface area contributed by atoms with Gasteiger partial charge in [0.15, 0.2) is 5.65 Å². The van der Waals surface area contributed by atoms with Gasteiger partial charge in [0.05, 0.1) is 6.33 Å². The Morgan fingerprint density at radius 2 is 2.38 bits per heavy atom. The second-order valence-electron chi connectivity index (χ2n) is 2.90. The molecule has 0 spiro atoms. The third kappa shape index (κ3) is 2.25. The quantitative estimate of drug-likeness (QED) is 0.485. The maximum atomic E-state index is 10.5. The molecule has 84 valence electrons. The number of aromatic nitrogens is 4. The topological polar surface area (TPSA) is 91.8 Å². The van der Waals surface area contributed by atoms with Gasteiger partial charge in [0.2, 0.25) is 0 Å². The largest absolute Gasteiger partial charge is 0.480 e. The van der Waals surface area contributed by atoms with Gasteiger partial charge >= 0.3 is 5.97 Å². The highest BCUT2D eigenvalue weighted by Gasteiger charge is 2.15. The number of imidazole rings is 1. The van der Waals surface area contributed by atoms with Gasteiger partial charge < -0.3 is 10.1 Å². The molecule has 0 fully saturated rings. The summed E-state index contributed by atoms with van der Waals surface area (Å²) in [5.74, 6) is -0.800. The summed E-state index contributed by atoms with van der Waals surface area (Å²) < 4.78 is 0. The molecule has 0 amide bonds. The van der Waals surface area contributed by atoms with E-state index in [4.69, 9.17) is 16.7 Å². The molecule has 0 saturated carbocycles. The van der Waals surface area contributed by atoms with Crippen molar-refractivity contribution in [3.05, 3.63) is 12.7 Å². The predicted octanol–water partition coefficient (Wildman–Crippen LogP) is 1.14. The van der Waals surface area contributed by atoms with Crippen LogP contribution in [0, 0.1) is 0 Å². The molecule has 16 heavy (non-hydrogen) atoms. The van der Waals surface area contributed by atoms with E-state index in [9.17, 15) is 4.79 Å². The van der Waals surface area contributed by atoms with Gasteiger partial charge in [0, 0.05) is 5.75 Å². The van der Waals surface area contributed by atoms with Crippen LogP contribution in [0.5, 0.6) is 0 Å². The fraction of sp³-hybridized carbons (Fsp3) is 0.250. The minimum atomic E-state index is -1.04. The summed E-state index contributed by atoms with van der Waals surface area (Å²) in [7, 11) is 0. The Labute approximate surface area is 99.5 Å². The van der Waals surface area contributed by atoms with E-state index in [1.165, 1.54) is 24.4 Å². The van der Waals surface area contributed by atoms with E-state index in [-0.39, 0.29) is 5.75 Å². The van der Waals surface area contributed by atoms with Gasteiger partial charge in [-0.05, 0) is 0 Å². The van der Waals surface area contributed by atoms with E-state index in [1.807, 2.05) is 0 Å². The number of nitrogens with one attached hydrogen (secondary N) is 1. The number of carboxylic acids is 1. The molecule has 6 nitrogen and oxygen atoms in total. The number of carbonyl (C=O) groups is 1. The fourth-order valence-corrected chi connectivity index (χ4v) is 2.13. The van der Waals surface area contributed by atoms with Crippen molar-refractivity contribution in [3.8, 4) is 0 Å². The molecule has 8 heteroatoms. The highest BCUT2D eigenvalue weighted by molar-refractivity contribution is 7.99. The number of alkyl halides is 1. The predicted molar refractivity (Wildman–Crippen MR) is 59.7 cm³/mol. The van der Waals surface area contributed by atoms with Crippen LogP contribution in [-0.2, 0) is 4.79 Å². The maximum Gasteiger partial charge on any atom is 0.322 e. The molecule has 0 aliphatic heterocycles. The van der Waals surface area contributed by atoms with Gasteiger partial charge in [0.25, 0.3) is 0 Å². The van der Waals surface area contributed by atoms with Crippen LogP contribution in [0.2, 0.25) is 0 Å². The lowest BCUT2D eigenvalue weighted by atomic mass is 10.5. The average Bonchev–Trinajstić information content (AvgIpc) is 2.73. The Kier molecular flexibility index (Phi) is 3.25. The first-order valence-electron chi connectivity index (χ1n) is 4.32. The SMILES string of the molecule is O=C(O)C(Cl)CSc1ncnc2nc[nH]c12. The van der Waals surface area contributed by atoms with Crippen molar-refractivity contribution in [2.45, 2.75) is 10.4 Å². The monoisotopic (exact) mass is 258 g/mol. The van der Waals surface area contributed by atoms with Crippen molar-refractivity contribution >= 4 is 40.5 Å². The van der Waals surface area contributed by atoms with E-state index in [0.29, 0.717) is 16.2 Å². The zero-order chi connectivity index (χ0) is 11.5. The zero-order valence-corrected chi connectivity index (χ0v) is 9.49. The van der Waals surface area contributed by atoms with E-state index < -0.39 is 11.3 Å². The molecule has 1 unspecified atom stereocenters. The first-order valence-corrected chi connectivity index (χ1v) is 5.74. The van der Waals surface area contributed by atoms with Crippen molar-refractivity contribution < 1.29 is 9.90 Å². The molecule has 0 radical (unpaired) electrons. The lowest BCUT2D eigenvalue weighted by Crippen LogP contribution is -2.15. The van der Waals surface area contributed by atoms with E-state index in [0.717, 1.165) is 0 Å². The zero-order valence-electron chi connectivity index (χ0n) is 7.92.